The minimum Gasteiger partial charge on any atom is -0.389 e. The summed E-state index contributed by atoms with van der Waals surface area (Å²) in [5, 5.41) is 14.6. The lowest BCUT2D eigenvalue weighted by atomic mass is 9.83. The fourth-order valence-electron chi connectivity index (χ4n) is 3.20. The predicted molar refractivity (Wildman–Crippen MR) is 79.7 cm³/mol. The molecular formula is C15H22N2O2S. The van der Waals surface area contributed by atoms with Crippen LogP contribution in [0.25, 0.3) is 0 Å². The van der Waals surface area contributed by atoms with Crippen molar-refractivity contribution in [3.63, 3.8) is 0 Å². The van der Waals surface area contributed by atoms with E-state index < -0.39 is 0 Å². The first-order valence-corrected chi connectivity index (χ1v) is 8.39. The molecule has 4 nitrogen and oxygen atoms in total. The third kappa shape index (κ3) is 2.99. The summed E-state index contributed by atoms with van der Waals surface area (Å²) in [4.78, 5) is 15.2. The number of nitrogens with zero attached hydrogens (tertiary/aromatic N) is 1. The fourth-order valence-corrected chi connectivity index (χ4v) is 4.07. The Kier molecular flexibility index (Phi) is 4.27. The highest BCUT2D eigenvalue weighted by molar-refractivity contribution is 7.10. The van der Waals surface area contributed by atoms with Gasteiger partial charge in [0.2, 0.25) is 0 Å². The zero-order chi connectivity index (χ0) is 13.9. The van der Waals surface area contributed by atoms with E-state index in [0.29, 0.717) is 19.0 Å². The smallest absolute Gasteiger partial charge is 0.318 e. The quantitative estimate of drug-likeness (QED) is 0.900. The van der Waals surface area contributed by atoms with Crippen LogP contribution in [-0.2, 0) is 0 Å². The summed E-state index contributed by atoms with van der Waals surface area (Å²) in [6.07, 6.45) is 5.92. The highest BCUT2D eigenvalue weighted by Gasteiger charge is 2.33. The first-order chi connectivity index (χ1) is 9.74. The highest BCUT2D eigenvalue weighted by Crippen LogP contribution is 2.36. The molecular weight excluding hydrogens is 272 g/mol. The standard InChI is InChI=1S/C15H22N2O2S/c18-12-9-17(10-12)15(19)16-14(13-7-4-8-20-13)11-5-2-1-3-6-11/h4,7-8,11-12,14,18H,1-3,5-6,9-10H2,(H,16,19). The third-order valence-electron chi connectivity index (χ3n) is 4.40. The van der Waals surface area contributed by atoms with Crippen molar-refractivity contribution in [2.45, 2.75) is 44.2 Å². The van der Waals surface area contributed by atoms with Gasteiger partial charge in [-0.3, -0.25) is 0 Å². The van der Waals surface area contributed by atoms with Crippen LogP contribution in [0.1, 0.15) is 43.0 Å². The predicted octanol–water partition coefficient (Wildman–Crippen LogP) is 2.76. The molecule has 20 heavy (non-hydrogen) atoms. The molecule has 1 aliphatic carbocycles. The van der Waals surface area contributed by atoms with Crippen molar-refractivity contribution in [3.05, 3.63) is 22.4 Å². The number of hydrogen-bond donors (Lipinski definition) is 2. The molecule has 5 heteroatoms. The molecule has 0 aromatic carbocycles. The minimum atomic E-state index is -0.337. The number of likely N-dealkylation sites (tertiary alicyclic amines) is 1. The van der Waals surface area contributed by atoms with Crippen LogP contribution in [-0.4, -0.2) is 35.2 Å². The maximum absolute atomic E-state index is 12.2. The zero-order valence-electron chi connectivity index (χ0n) is 11.6. The van der Waals surface area contributed by atoms with E-state index in [9.17, 15) is 9.90 Å². The molecule has 3 rings (SSSR count). The number of carbonyl (C=O) groups is 1. The van der Waals surface area contributed by atoms with Crippen LogP contribution in [0, 0.1) is 5.92 Å². The Bertz CT molecular complexity index is 437. The number of β-amino-alcohol motifs (C(OH)–C–C–N with tert-alkyl or cyclic N) is 1. The van der Waals surface area contributed by atoms with Gasteiger partial charge in [0.1, 0.15) is 0 Å². The molecule has 1 unspecified atom stereocenters. The lowest BCUT2D eigenvalue weighted by Gasteiger charge is -2.38. The summed E-state index contributed by atoms with van der Waals surface area (Å²) in [5.41, 5.74) is 0. The molecule has 0 radical (unpaired) electrons. The van der Waals surface area contributed by atoms with Crippen molar-refractivity contribution >= 4 is 17.4 Å². The van der Waals surface area contributed by atoms with E-state index in [1.165, 1.54) is 37.0 Å². The minimum absolute atomic E-state index is 0.0285. The van der Waals surface area contributed by atoms with E-state index in [1.54, 1.807) is 16.2 Å². The van der Waals surface area contributed by atoms with Crippen molar-refractivity contribution in [2.24, 2.45) is 5.92 Å². The van der Waals surface area contributed by atoms with Crippen molar-refractivity contribution in [1.29, 1.82) is 0 Å². The molecule has 1 aromatic heterocycles. The summed E-state index contributed by atoms with van der Waals surface area (Å²) in [6.45, 7) is 0.932. The number of urea groups is 1. The molecule has 1 aromatic rings. The summed E-state index contributed by atoms with van der Waals surface area (Å²) >= 11 is 1.72. The Morgan fingerprint density at radius 1 is 1.35 bits per heavy atom. The van der Waals surface area contributed by atoms with Crippen LogP contribution in [0.3, 0.4) is 0 Å². The molecule has 2 fully saturated rings. The van der Waals surface area contributed by atoms with Crippen LogP contribution in [0.2, 0.25) is 0 Å². The Morgan fingerprint density at radius 2 is 2.10 bits per heavy atom. The van der Waals surface area contributed by atoms with Gasteiger partial charge in [-0.15, -0.1) is 11.3 Å². The van der Waals surface area contributed by atoms with Crippen LogP contribution in [0.5, 0.6) is 0 Å². The largest absolute Gasteiger partial charge is 0.389 e. The lowest BCUT2D eigenvalue weighted by Crippen LogP contribution is -2.57. The van der Waals surface area contributed by atoms with Crippen LogP contribution < -0.4 is 5.32 Å². The molecule has 2 N–H and O–H groups in total. The fraction of sp³-hybridized carbons (Fsp3) is 0.667. The van der Waals surface area contributed by atoms with Crippen molar-refractivity contribution in [1.82, 2.24) is 10.2 Å². The second-order valence-corrected chi connectivity index (χ2v) is 6.88. The van der Waals surface area contributed by atoms with Crippen LogP contribution in [0.4, 0.5) is 4.79 Å². The Labute approximate surface area is 123 Å². The topological polar surface area (TPSA) is 52.6 Å². The maximum Gasteiger partial charge on any atom is 0.318 e. The van der Waals surface area contributed by atoms with E-state index >= 15 is 0 Å². The van der Waals surface area contributed by atoms with Crippen LogP contribution >= 0.6 is 11.3 Å². The Morgan fingerprint density at radius 3 is 2.70 bits per heavy atom. The van der Waals surface area contributed by atoms with Gasteiger partial charge in [-0.2, -0.15) is 0 Å². The molecule has 0 spiro atoms. The van der Waals surface area contributed by atoms with E-state index in [1.807, 2.05) is 0 Å². The SMILES string of the molecule is O=C(NC(c1cccs1)C1CCCCC1)N1CC(O)C1. The van der Waals surface area contributed by atoms with Crippen molar-refractivity contribution in [2.75, 3.05) is 13.1 Å². The summed E-state index contributed by atoms with van der Waals surface area (Å²) < 4.78 is 0. The van der Waals surface area contributed by atoms with Gasteiger partial charge in [-0.1, -0.05) is 25.3 Å². The van der Waals surface area contributed by atoms with Gasteiger partial charge in [0.25, 0.3) is 0 Å². The zero-order valence-corrected chi connectivity index (χ0v) is 12.4. The number of carbonyl (C=O) groups excluding carboxylic acids is 1. The number of amides is 2. The molecule has 0 bridgehead atoms. The van der Waals surface area contributed by atoms with E-state index in [4.69, 9.17) is 0 Å². The lowest BCUT2D eigenvalue weighted by molar-refractivity contribution is 0.0248. The molecule has 110 valence electrons. The molecule has 1 aliphatic heterocycles. The van der Waals surface area contributed by atoms with E-state index in [-0.39, 0.29) is 18.2 Å². The molecule has 1 saturated heterocycles. The monoisotopic (exact) mass is 294 g/mol. The van der Waals surface area contributed by atoms with Gasteiger partial charge >= 0.3 is 6.03 Å². The van der Waals surface area contributed by atoms with Gasteiger partial charge in [0.05, 0.1) is 25.2 Å². The van der Waals surface area contributed by atoms with Gasteiger partial charge in [0, 0.05) is 4.88 Å². The average Bonchev–Trinajstić information content (AvgIpc) is 2.96. The van der Waals surface area contributed by atoms with E-state index in [0.717, 1.165) is 0 Å². The second kappa shape index (κ2) is 6.14. The summed E-state index contributed by atoms with van der Waals surface area (Å²) in [5.74, 6) is 0.553. The normalized spacial score (nSPS) is 22.4. The average molecular weight is 294 g/mol. The number of hydrogen-bond acceptors (Lipinski definition) is 3. The third-order valence-corrected chi connectivity index (χ3v) is 5.35. The first kappa shape index (κ1) is 13.9. The molecule has 2 heterocycles. The van der Waals surface area contributed by atoms with Gasteiger partial charge in [0.15, 0.2) is 0 Å². The first-order valence-electron chi connectivity index (χ1n) is 7.51. The summed E-state index contributed by atoms with van der Waals surface area (Å²) in [7, 11) is 0. The number of aliphatic hydroxyl groups is 1. The Hall–Kier alpha value is -1.07. The van der Waals surface area contributed by atoms with Gasteiger partial charge < -0.3 is 15.3 Å². The molecule has 1 atom stereocenters. The number of thiophene rings is 1. The Balaban J connectivity index is 1.67. The van der Waals surface area contributed by atoms with Crippen molar-refractivity contribution in [3.8, 4) is 0 Å². The van der Waals surface area contributed by atoms with Crippen molar-refractivity contribution < 1.29 is 9.90 Å². The van der Waals surface area contributed by atoms with E-state index in [2.05, 4.69) is 22.8 Å². The highest BCUT2D eigenvalue weighted by atomic mass is 32.1. The van der Waals surface area contributed by atoms with Gasteiger partial charge in [-0.05, 0) is 30.2 Å². The van der Waals surface area contributed by atoms with Crippen LogP contribution in [0.15, 0.2) is 17.5 Å². The molecule has 2 amide bonds. The molecule has 1 saturated carbocycles. The number of nitrogens with one attached hydrogen (secondary N) is 1. The number of aliphatic hydroxyl groups excluding tert-OH is 1. The second-order valence-electron chi connectivity index (χ2n) is 5.90. The molecule has 2 aliphatic rings. The van der Waals surface area contributed by atoms with Gasteiger partial charge in [-0.25, -0.2) is 4.79 Å². The number of rotatable bonds is 3. The summed E-state index contributed by atoms with van der Waals surface area (Å²) in [6, 6.07) is 4.28. The maximum atomic E-state index is 12.2.